The molecule has 2 heterocycles. The zero-order valence-corrected chi connectivity index (χ0v) is 18.1. The van der Waals surface area contributed by atoms with Gasteiger partial charge >= 0.3 is 0 Å². The molecular weight excluding hydrogens is 364 g/mol. The Kier molecular flexibility index (Phi) is 7.45. The topological polar surface area (TPSA) is 84.3 Å². The average Bonchev–Trinajstić information content (AvgIpc) is 2.81. The van der Waals surface area contributed by atoms with E-state index in [2.05, 4.69) is 23.7 Å². The van der Waals surface area contributed by atoms with Crippen LogP contribution in [0.4, 0.5) is 0 Å². The first kappa shape index (κ1) is 21.9. The highest BCUT2D eigenvalue weighted by Crippen LogP contribution is 2.22. The third kappa shape index (κ3) is 6.31. The van der Waals surface area contributed by atoms with Crippen LogP contribution in [0.25, 0.3) is 0 Å². The number of rotatable bonds is 8. The molecule has 1 unspecified atom stereocenters. The molecule has 0 aliphatic carbocycles. The highest BCUT2D eigenvalue weighted by atomic mass is 32.2. The number of hydrogen-bond acceptors (Lipinski definition) is 4. The van der Waals surface area contributed by atoms with Gasteiger partial charge in [0.25, 0.3) is 0 Å². The summed E-state index contributed by atoms with van der Waals surface area (Å²) in [7, 11) is -3.19. The van der Waals surface area contributed by atoms with Crippen molar-refractivity contribution >= 4 is 15.9 Å². The molecule has 0 saturated carbocycles. The monoisotopic (exact) mass is 398 g/mol. The number of nitrogens with zero attached hydrogens (tertiary/aromatic N) is 3. The summed E-state index contributed by atoms with van der Waals surface area (Å²) in [5.74, 6) is 0.620. The molecule has 8 heteroatoms. The lowest BCUT2D eigenvalue weighted by molar-refractivity contribution is -0.134. The smallest absolute Gasteiger partial charge is 0.227 e. The largest absolute Gasteiger partial charge is 0.339 e. The van der Waals surface area contributed by atoms with E-state index in [1.165, 1.54) is 0 Å². The van der Waals surface area contributed by atoms with Gasteiger partial charge in [0.2, 0.25) is 15.9 Å². The number of nitrogens with one attached hydrogen (secondary N) is 1. The number of piperidine rings is 1. The number of carbonyl (C=O) groups excluding carboxylic acids is 1. The third-order valence-corrected chi connectivity index (χ3v) is 5.92. The van der Waals surface area contributed by atoms with Gasteiger partial charge in [-0.25, -0.2) is 13.1 Å². The molecule has 1 atom stereocenters. The van der Waals surface area contributed by atoms with E-state index in [4.69, 9.17) is 0 Å². The molecule has 1 amide bonds. The molecule has 154 valence electrons. The minimum atomic E-state index is -3.19. The molecule has 1 aliphatic rings. The maximum atomic E-state index is 13.0. The molecule has 27 heavy (non-hydrogen) atoms. The van der Waals surface area contributed by atoms with Gasteiger partial charge in [-0.15, -0.1) is 0 Å². The van der Waals surface area contributed by atoms with E-state index in [0.29, 0.717) is 25.3 Å². The molecule has 0 radical (unpaired) electrons. The number of hydrogen-bond donors (Lipinski definition) is 1. The van der Waals surface area contributed by atoms with Gasteiger partial charge in [-0.2, -0.15) is 5.10 Å². The SMILES string of the molecule is Cc1nn(CC(C)C)c(C)c1CC(=O)N1CCCCC1CCNS(C)(=O)=O. The molecule has 1 aromatic rings. The Morgan fingerprint density at radius 1 is 1.30 bits per heavy atom. The molecule has 2 rings (SSSR count). The molecule has 1 fully saturated rings. The van der Waals surface area contributed by atoms with Gasteiger partial charge in [0.05, 0.1) is 18.4 Å². The summed E-state index contributed by atoms with van der Waals surface area (Å²) in [5, 5.41) is 4.61. The summed E-state index contributed by atoms with van der Waals surface area (Å²) in [6.45, 7) is 10.3. The van der Waals surface area contributed by atoms with Crippen molar-refractivity contribution in [2.45, 2.75) is 72.4 Å². The second kappa shape index (κ2) is 9.19. The minimum Gasteiger partial charge on any atom is -0.339 e. The number of carbonyl (C=O) groups is 1. The molecule has 0 bridgehead atoms. The van der Waals surface area contributed by atoms with Crippen LogP contribution in [-0.2, 0) is 27.8 Å². The normalized spacial score (nSPS) is 18.3. The van der Waals surface area contributed by atoms with Crippen LogP contribution in [0, 0.1) is 19.8 Å². The Morgan fingerprint density at radius 3 is 2.63 bits per heavy atom. The third-order valence-electron chi connectivity index (χ3n) is 5.19. The van der Waals surface area contributed by atoms with Gasteiger partial charge in [0.15, 0.2) is 0 Å². The van der Waals surface area contributed by atoms with Crippen LogP contribution < -0.4 is 4.72 Å². The lowest BCUT2D eigenvalue weighted by atomic mass is 9.98. The van der Waals surface area contributed by atoms with E-state index in [-0.39, 0.29) is 11.9 Å². The van der Waals surface area contributed by atoms with Crippen LogP contribution in [-0.4, -0.2) is 54.4 Å². The molecular formula is C19H34N4O3S. The summed E-state index contributed by atoms with van der Waals surface area (Å²) in [4.78, 5) is 15.0. The van der Waals surface area contributed by atoms with Gasteiger partial charge in [-0.3, -0.25) is 9.48 Å². The van der Waals surface area contributed by atoms with Crippen LogP contribution in [0.2, 0.25) is 0 Å². The number of amides is 1. The molecule has 0 spiro atoms. The van der Waals surface area contributed by atoms with E-state index in [1.807, 2.05) is 23.4 Å². The standard InChI is InChI=1S/C19H34N4O3S/c1-14(2)13-23-16(4)18(15(3)21-23)12-19(24)22-11-7-6-8-17(22)9-10-20-27(5,25)26/h14,17,20H,6-13H2,1-5H3. The maximum absolute atomic E-state index is 13.0. The Morgan fingerprint density at radius 2 is 2.00 bits per heavy atom. The van der Waals surface area contributed by atoms with E-state index < -0.39 is 10.0 Å². The molecule has 1 saturated heterocycles. The highest BCUT2D eigenvalue weighted by molar-refractivity contribution is 7.88. The second-order valence-electron chi connectivity index (χ2n) is 8.09. The molecule has 7 nitrogen and oxygen atoms in total. The predicted octanol–water partition coefficient (Wildman–Crippen LogP) is 2.02. The fourth-order valence-electron chi connectivity index (χ4n) is 3.81. The quantitative estimate of drug-likeness (QED) is 0.726. The summed E-state index contributed by atoms with van der Waals surface area (Å²) in [6, 6.07) is 0.104. The van der Waals surface area contributed by atoms with Crippen molar-refractivity contribution in [2.75, 3.05) is 19.3 Å². The average molecular weight is 399 g/mol. The molecule has 1 aromatic heterocycles. The first-order valence-electron chi connectivity index (χ1n) is 9.85. The highest BCUT2D eigenvalue weighted by Gasteiger charge is 2.28. The van der Waals surface area contributed by atoms with Crippen molar-refractivity contribution in [2.24, 2.45) is 5.92 Å². The van der Waals surface area contributed by atoms with Crippen LogP contribution >= 0.6 is 0 Å². The molecule has 1 N–H and O–H groups in total. The zero-order chi connectivity index (χ0) is 20.2. The number of aryl methyl sites for hydroxylation is 1. The van der Waals surface area contributed by atoms with E-state index in [1.54, 1.807) is 0 Å². The molecule has 1 aliphatic heterocycles. The van der Waals surface area contributed by atoms with Crippen molar-refractivity contribution in [3.05, 3.63) is 17.0 Å². The van der Waals surface area contributed by atoms with Crippen molar-refractivity contribution in [1.82, 2.24) is 19.4 Å². The van der Waals surface area contributed by atoms with E-state index in [9.17, 15) is 13.2 Å². The Balaban J connectivity index is 2.05. The van der Waals surface area contributed by atoms with Crippen LogP contribution in [0.5, 0.6) is 0 Å². The summed E-state index contributed by atoms with van der Waals surface area (Å²) in [5.41, 5.74) is 3.02. The van der Waals surface area contributed by atoms with Gasteiger partial charge in [-0.1, -0.05) is 13.8 Å². The fourth-order valence-corrected chi connectivity index (χ4v) is 4.29. The van der Waals surface area contributed by atoms with Gasteiger partial charge in [0, 0.05) is 36.9 Å². The van der Waals surface area contributed by atoms with Crippen LogP contribution in [0.1, 0.15) is 56.5 Å². The zero-order valence-electron chi connectivity index (χ0n) is 17.3. The second-order valence-corrected chi connectivity index (χ2v) is 9.93. The summed E-state index contributed by atoms with van der Waals surface area (Å²) >= 11 is 0. The number of sulfonamides is 1. The predicted molar refractivity (Wildman–Crippen MR) is 107 cm³/mol. The van der Waals surface area contributed by atoms with Crippen molar-refractivity contribution in [1.29, 1.82) is 0 Å². The number of aromatic nitrogens is 2. The first-order valence-corrected chi connectivity index (χ1v) is 11.7. The van der Waals surface area contributed by atoms with Gasteiger partial charge in [0.1, 0.15) is 0 Å². The Hall–Kier alpha value is -1.41. The van der Waals surface area contributed by atoms with Crippen LogP contribution in [0.3, 0.4) is 0 Å². The number of likely N-dealkylation sites (tertiary alicyclic amines) is 1. The Labute approximate surface area is 163 Å². The van der Waals surface area contributed by atoms with Crippen LogP contribution in [0.15, 0.2) is 0 Å². The summed E-state index contributed by atoms with van der Waals surface area (Å²) in [6.07, 6.45) is 5.21. The first-order chi connectivity index (χ1) is 12.6. The fraction of sp³-hybridized carbons (Fsp3) is 0.789. The van der Waals surface area contributed by atoms with Crippen molar-refractivity contribution < 1.29 is 13.2 Å². The summed E-state index contributed by atoms with van der Waals surface area (Å²) < 4.78 is 27.1. The van der Waals surface area contributed by atoms with Crippen molar-refractivity contribution in [3.8, 4) is 0 Å². The van der Waals surface area contributed by atoms with E-state index >= 15 is 0 Å². The maximum Gasteiger partial charge on any atom is 0.227 e. The lowest BCUT2D eigenvalue weighted by Gasteiger charge is -2.36. The lowest BCUT2D eigenvalue weighted by Crippen LogP contribution is -2.46. The van der Waals surface area contributed by atoms with Crippen molar-refractivity contribution in [3.63, 3.8) is 0 Å². The Bertz CT molecular complexity index is 755. The van der Waals surface area contributed by atoms with E-state index in [0.717, 1.165) is 55.6 Å². The van der Waals surface area contributed by atoms with Gasteiger partial charge < -0.3 is 4.90 Å². The molecule has 0 aromatic carbocycles. The minimum absolute atomic E-state index is 0.104. The van der Waals surface area contributed by atoms with Gasteiger partial charge in [-0.05, 0) is 45.4 Å².